The fraction of sp³-hybridized carbons (Fsp3) is 0.333. The number of Topliss-reactive ketones (excluding diaryl/α,β-unsaturated/α-hetero) is 1. The Kier molecular flexibility index (Phi) is 6.75. The summed E-state index contributed by atoms with van der Waals surface area (Å²) in [5.41, 5.74) is 1.63. The summed E-state index contributed by atoms with van der Waals surface area (Å²) in [6.07, 6.45) is 5.26. The number of ether oxygens (including phenoxy) is 3. The second-order valence-corrected chi connectivity index (χ2v) is 8.91. The van der Waals surface area contributed by atoms with Crippen molar-refractivity contribution in [3.63, 3.8) is 0 Å². The number of likely N-dealkylation sites (tertiary alicyclic amines) is 1. The summed E-state index contributed by atoms with van der Waals surface area (Å²) in [6, 6.07) is 12.9. The Balaban J connectivity index is 1.92. The van der Waals surface area contributed by atoms with E-state index in [9.17, 15) is 4.79 Å². The third kappa shape index (κ3) is 4.56. The van der Waals surface area contributed by atoms with Gasteiger partial charge in [0.25, 0.3) is 0 Å². The highest BCUT2D eigenvalue weighted by molar-refractivity contribution is 6.05. The molecule has 0 bridgehead atoms. The normalized spacial score (nSPS) is 19.3. The average Bonchev–Trinajstić information content (AvgIpc) is 3.35. The van der Waals surface area contributed by atoms with Crippen molar-refractivity contribution in [3.05, 3.63) is 77.5 Å². The Labute approximate surface area is 200 Å². The van der Waals surface area contributed by atoms with Crippen LogP contribution in [0.5, 0.6) is 17.2 Å². The molecule has 3 aromatic rings. The molecule has 1 saturated heterocycles. The number of carbonyl (C=O) groups excluding carboxylic acids is 1. The highest BCUT2D eigenvalue weighted by Gasteiger charge is 2.44. The third-order valence-electron chi connectivity index (χ3n) is 6.07. The van der Waals surface area contributed by atoms with Crippen molar-refractivity contribution in [2.24, 2.45) is 5.41 Å². The van der Waals surface area contributed by atoms with Crippen LogP contribution in [0.25, 0.3) is 6.08 Å². The highest BCUT2D eigenvalue weighted by atomic mass is 16.5. The van der Waals surface area contributed by atoms with Gasteiger partial charge >= 0.3 is 0 Å². The number of pyridine rings is 1. The number of piperidine rings is 1. The molecule has 1 fully saturated rings. The van der Waals surface area contributed by atoms with Crippen molar-refractivity contribution in [3.8, 4) is 17.2 Å². The topological polar surface area (TPSA) is 74.0 Å². The maximum atomic E-state index is 13.8. The van der Waals surface area contributed by atoms with E-state index in [1.807, 2.05) is 62.4 Å². The first-order valence-electron chi connectivity index (χ1n) is 11.1. The number of ketones is 1. The monoisotopic (exact) mass is 462 g/mol. The molecule has 7 nitrogen and oxygen atoms in total. The molecule has 34 heavy (non-hydrogen) atoms. The van der Waals surface area contributed by atoms with Gasteiger partial charge in [0.2, 0.25) is 5.75 Å². The van der Waals surface area contributed by atoms with E-state index in [-0.39, 0.29) is 11.8 Å². The maximum absolute atomic E-state index is 13.8. The second-order valence-electron chi connectivity index (χ2n) is 8.91. The standard InChI is InChI=1S/C27H30N2O5/c1-27(2)17-29(16-20-10-8-12-34-20)24(21(26(27)30)15-19-9-6-7-11-28-19)18-13-22(31-3)25(33-5)23(14-18)32-4/h6-15,24H,16-17H2,1-5H3. The van der Waals surface area contributed by atoms with Crippen molar-refractivity contribution in [2.45, 2.75) is 26.4 Å². The number of methoxy groups -OCH3 is 3. The fourth-order valence-corrected chi connectivity index (χ4v) is 4.55. The molecule has 0 aliphatic carbocycles. The number of hydrogen-bond acceptors (Lipinski definition) is 7. The lowest BCUT2D eigenvalue weighted by atomic mass is 9.74. The quantitative estimate of drug-likeness (QED) is 0.461. The predicted octanol–water partition coefficient (Wildman–Crippen LogP) is 4.94. The van der Waals surface area contributed by atoms with Crippen molar-refractivity contribution >= 4 is 11.9 Å². The van der Waals surface area contributed by atoms with E-state index in [0.29, 0.717) is 35.9 Å². The van der Waals surface area contributed by atoms with Gasteiger partial charge in [-0.3, -0.25) is 14.7 Å². The summed E-state index contributed by atoms with van der Waals surface area (Å²) in [5.74, 6) is 2.46. The SMILES string of the molecule is COc1cc(C2C(=Cc3ccccn3)C(=O)C(C)(C)CN2Cc2ccco2)cc(OC)c1OC. The molecule has 3 heterocycles. The molecule has 1 atom stereocenters. The lowest BCUT2D eigenvalue weighted by Crippen LogP contribution is -2.49. The molecule has 0 radical (unpaired) electrons. The number of aromatic nitrogens is 1. The molecule has 1 aromatic carbocycles. The number of carbonyl (C=O) groups is 1. The molecule has 1 aliphatic heterocycles. The summed E-state index contributed by atoms with van der Waals surface area (Å²) < 4.78 is 22.4. The molecule has 0 saturated carbocycles. The van der Waals surface area contributed by atoms with E-state index < -0.39 is 5.41 Å². The largest absolute Gasteiger partial charge is 0.493 e. The van der Waals surface area contributed by atoms with Crippen LogP contribution in [0, 0.1) is 5.41 Å². The van der Waals surface area contributed by atoms with E-state index in [1.165, 1.54) is 0 Å². The Morgan fingerprint density at radius 1 is 1.09 bits per heavy atom. The molecule has 0 spiro atoms. The van der Waals surface area contributed by atoms with E-state index in [0.717, 1.165) is 17.0 Å². The van der Waals surface area contributed by atoms with Gasteiger partial charge in [-0.05, 0) is 48.0 Å². The van der Waals surface area contributed by atoms with Crippen LogP contribution in [-0.4, -0.2) is 43.5 Å². The van der Waals surface area contributed by atoms with Crippen LogP contribution in [0.2, 0.25) is 0 Å². The van der Waals surface area contributed by atoms with Gasteiger partial charge in [0.15, 0.2) is 17.3 Å². The van der Waals surface area contributed by atoms with E-state index in [4.69, 9.17) is 18.6 Å². The first kappa shape index (κ1) is 23.6. The zero-order chi connectivity index (χ0) is 24.3. The molecule has 4 rings (SSSR count). The van der Waals surface area contributed by atoms with Crippen LogP contribution in [0.15, 0.2) is 64.9 Å². The molecular weight excluding hydrogens is 432 g/mol. The van der Waals surface area contributed by atoms with Gasteiger partial charge in [-0.25, -0.2) is 0 Å². The van der Waals surface area contributed by atoms with Crippen LogP contribution < -0.4 is 14.2 Å². The minimum atomic E-state index is -0.593. The van der Waals surface area contributed by atoms with Crippen LogP contribution in [0.3, 0.4) is 0 Å². The van der Waals surface area contributed by atoms with E-state index in [1.54, 1.807) is 33.8 Å². The molecular formula is C27H30N2O5. The second kappa shape index (κ2) is 9.73. The van der Waals surface area contributed by atoms with Crippen molar-refractivity contribution < 1.29 is 23.4 Å². The van der Waals surface area contributed by atoms with E-state index in [2.05, 4.69) is 9.88 Å². The average molecular weight is 463 g/mol. The molecule has 1 aliphatic rings. The zero-order valence-electron chi connectivity index (χ0n) is 20.2. The fourth-order valence-electron chi connectivity index (χ4n) is 4.55. The van der Waals surface area contributed by atoms with Gasteiger partial charge in [0.1, 0.15) is 5.76 Å². The molecule has 0 N–H and O–H groups in total. The van der Waals surface area contributed by atoms with Gasteiger partial charge in [-0.2, -0.15) is 0 Å². The van der Waals surface area contributed by atoms with Gasteiger partial charge < -0.3 is 18.6 Å². The van der Waals surface area contributed by atoms with Gasteiger partial charge in [-0.15, -0.1) is 0 Å². The van der Waals surface area contributed by atoms with Crippen LogP contribution >= 0.6 is 0 Å². The summed E-state index contributed by atoms with van der Waals surface area (Å²) in [7, 11) is 4.74. The minimum absolute atomic E-state index is 0.0765. The first-order valence-corrected chi connectivity index (χ1v) is 11.1. The molecule has 0 amide bonds. The van der Waals surface area contributed by atoms with Crippen molar-refractivity contribution in [1.82, 2.24) is 9.88 Å². The van der Waals surface area contributed by atoms with Gasteiger partial charge in [-0.1, -0.05) is 19.9 Å². The number of furan rings is 1. The van der Waals surface area contributed by atoms with Crippen LogP contribution in [-0.2, 0) is 11.3 Å². The van der Waals surface area contributed by atoms with Gasteiger partial charge in [0, 0.05) is 23.7 Å². The lowest BCUT2D eigenvalue weighted by Gasteiger charge is -2.44. The smallest absolute Gasteiger partial charge is 0.203 e. The Bertz CT molecular complexity index is 1140. The Morgan fingerprint density at radius 3 is 2.38 bits per heavy atom. The lowest BCUT2D eigenvalue weighted by molar-refractivity contribution is -0.128. The van der Waals surface area contributed by atoms with Crippen molar-refractivity contribution in [1.29, 1.82) is 0 Å². The van der Waals surface area contributed by atoms with E-state index >= 15 is 0 Å². The third-order valence-corrected chi connectivity index (χ3v) is 6.07. The van der Waals surface area contributed by atoms with Crippen LogP contribution in [0.4, 0.5) is 0 Å². The molecule has 2 aromatic heterocycles. The molecule has 1 unspecified atom stereocenters. The zero-order valence-corrected chi connectivity index (χ0v) is 20.2. The maximum Gasteiger partial charge on any atom is 0.203 e. The molecule has 178 valence electrons. The van der Waals surface area contributed by atoms with Gasteiger partial charge in [0.05, 0.1) is 45.9 Å². The Hall–Kier alpha value is -3.58. The minimum Gasteiger partial charge on any atom is -0.493 e. The number of rotatable bonds is 7. The molecule has 7 heteroatoms. The number of hydrogen-bond donors (Lipinski definition) is 0. The number of benzene rings is 1. The van der Waals surface area contributed by atoms with Crippen molar-refractivity contribution in [2.75, 3.05) is 27.9 Å². The predicted molar refractivity (Wildman–Crippen MR) is 129 cm³/mol. The summed E-state index contributed by atoms with van der Waals surface area (Å²) in [5, 5.41) is 0. The summed E-state index contributed by atoms with van der Waals surface area (Å²) in [6.45, 7) is 5.03. The highest BCUT2D eigenvalue weighted by Crippen LogP contribution is 2.47. The Morgan fingerprint density at radius 2 is 1.82 bits per heavy atom. The number of nitrogens with zero attached hydrogens (tertiary/aromatic N) is 2. The van der Waals surface area contributed by atoms with Crippen LogP contribution in [0.1, 0.15) is 36.9 Å². The summed E-state index contributed by atoms with van der Waals surface area (Å²) in [4.78, 5) is 20.5. The first-order chi connectivity index (χ1) is 16.4. The summed E-state index contributed by atoms with van der Waals surface area (Å²) >= 11 is 0.